The first-order valence-corrected chi connectivity index (χ1v) is 12.4. The van der Waals surface area contributed by atoms with Crippen molar-refractivity contribution in [1.82, 2.24) is 30.5 Å². The molecule has 1 aliphatic rings. The SMILES string of the molecule is O=C1/C(=C/c2cc(-c3ccc4[nH]ccc4c3)cs2)SC(=S)N1CCCCCc1nn[nH]n1. The van der Waals surface area contributed by atoms with Crippen molar-refractivity contribution in [1.29, 1.82) is 0 Å². The van der Waals surface area contributed by atoms with Gasteiger partial charge in [0.15, 0.2) is 5.82 Å². The fraction of sp³-hybridized carbons (Fsp3) is 0.227. The van der Waals surface area contributed by atoms with Crippen LogP contribution >= 0.6 is 35.3 Å². The van der Waals surface area contributed by atoms with Crippen molar-refractivity contribution in [2.24, 2.45) is 0 Å². The molecule has 0 aliphatic carbocycles. The van der Waals surface area contributed by atoms with Crippen LogP contribution in [0.2, 0.25) is 0 Å². The van der Waals surface area contributed by atoms with Crippen molar-refractivity contribution in [3.63, 3.8) is 0 Å². The van der Waals surface area contributed by atoms with Crippen molar-refractivity contribution in [3.05, 3.63) is 57.5 Å². The molecule has 0 atom stereocenters. The molecule has 0 spiro atoms. The van der Waals surface area contributed by atoms with E-state index in [1.807, 2.05) is 12.3 Å². The summed E-state index contributed by atoms with van der Waals surface area (Å²) < 4.78 is 0.633. The third kappa shape index (κ3) is 4.52. The number of nitrogens with zero attached hydrogens (tertiary/aromatic N) is 4. The average molecular weight is 481 g/mol. The third-order valence-corrected chi connectivity index (χ3v) is 7.58. The number of unbranched alkanes of at least 4 members (excludes halogenated alkanes) is 2. The predicted molar refractivity (Wildman–Crippen MR) is 133 cm³/mol. The number of rotatable bonds is 8. The number of aromatic amines is 2. The summed E-state index contributed by atoms with van der Waals surface area (Å²) in [5, 5.41) is 17.2. The Morgan fingerprint density at radius 2 is 2.06 bits per heavy atom. The zero-order valence-electron chi connectivity index (χ0n) is 17.1. The van der Waals surface area contributed by atoms with Crippen LogP contribution in [-0.4, -0.2) is 47.3 Å². The van der Waals surface area contributed by atoms with Gasteiger partial charge in [-0.1, -0.05) is 41.7 Å². The Morgan fingerprint density at radius 3 is 2.94 bits per heavy atom. The van der Waals surface area contributed by atoms with Crippen LogP contribution < -0.4 is 0 Å². The molecule has 3 aromatic heterocycles. The first-order valence-electron chi connectivity index (χ1n) is 10.3. The van der Waals surface area contributed by atoms with Gasteiger partial charge in [0, 0.05) is 29.6 Å². The monoisotopic (exact) mass is 480 g/mol. The fourth-order valence-electron chi connectivity index (χ4n) is 3.65. The number of thiocarbonyl (C=S) groups is 1. The molecule has 1 aromatic carbocycles. The van der Waals surface area contributed by atoms with E-state index < -0.39 is 0 Å². The summed E-state index contributed by atoms with van der Waals surface area (Å²) in [6.45, 7) is 0.640. The van der Waals surface area contributed by atoms with E-state index in [4.69, 9.17) is 12.2 Å². The van der Waals surface area contributed by atoms with Gasteiger partial charge in [0.2, 0.25) is 0 Å². The molecule has 162 valence electrons. The molecule has 1 saturated heterocycles. The first-order chi connectivity index (χ1) is 15.7. The average Bonchev–Trinajstić information content (AvgIpc) is 3.58. The van der Waals surface area contributed by atoms with E-state index in [0.29, 0.717) is 15.8 Å². The van der Waals surface area contributed by atoms with Gasteiger partial charge in [0.05, 0.1) is 4.91 Å². The number of fused-ring (bicyclic) bond motifs is 1. The summed E-state index contributed by atoms with van der Waals surface area (Å²) in [6.07, 6.45) is 7.51. The van der Waals surface area contributed by atoms with Gasteiger partial charge in [-0.3, -0.25) is 9.69 Å². The molecule has 5 rings (SSSR count). The third-order valence-electron chi connectivity index (χ3n) is 5.32. The topological polar surface area (TPSA) is 90.6 Å². The van der Waals surface area contributed by atoms with Gasteiger partial charge in [-0.25, -0.2) is 0 Å². The van der Waals surface area contributed by atoms with E-state index >= 15 is 0 Å². The standard InChI is InChI=1S/C22H20N6OS3/c29-21-19(32-22(30)28(21)9-3-1-2-4-20-24-26-27-25-20)12-17-11-16(13-31-17)14-5-6-18-15(10-14)7-8-23-18/h5-8,10-13,23H,1-4,9H2,(H,24,25,26,27)/b19-12-. The number of aromatic nitrogens is 5. The molecular weight excluding hydrogens is 460 g/mol. The quantitative estimate of drug-likeness (QED) is 0.209. The molecule has 1 fully saturated rings. The molecule has 32 heavy (non-hydrogen) atoms. The predicted octanol–water partition coefficient (Wildman–Crippen LogP) is 5.02. The number of tetrazole rings is 1. The maximum atomic E-state index is 12.9. The molecule has 0 radical (unpaired) electrons. The molecule has 1 aliphatic heterocycles. The Balaban J connectivity index is 1.20. The highest BCUT2D eigenvalue weighted by atomic mass is 32.2. The van der Waals surface area contributed by atoms with E-state index in [1.54, 1.807) is 16.2 Å². The number of thioether (sulfide) groups is 1. The molecule has 0 saturated carbocycles. The second kappa shape index (κ2) is 9.35. The van der Waals surface area contributed by atoms with Crippen LogP contribution in [0.4, 0.5) is 0 Å². The minimum absolute atomic E-state index is 0.00172. The van der Waals surface area contributed by atoms with Crippen molar-refractivity contribution >= 4 is 62.5 Å². The number of H-pyrrole nitrogens is 2. The minimum Gasteiger partial charge on any atom is -0.361 e. The van der Waals surface area contributed by atoms with E-state index in [-0.39, 0.29) is 5.91 Å². The number of carbonyl (C=O) groups is 1. The van der Waals surface area contributed by atoms with Gasteiger partial charge in [0.25, 0.3) is 5.91 Å². The highest BCUT2D eigenvalue weighted by Gasteiger charge is 2.31. The summed E-state index contributed by atoms with van der Waals surface area (Å²) in [6, 6.07) is 10.6. The summed E-state index contributed by atoms with van der Waals surface area (Å²) in [5.41, 5.74) is 3.45. The molecule has 1 amide bonds. The maximum absolute atomic E-state index is 12.9. The van der Waals surface area contributed by atoms with Crippen LogP contribution in [0.25, 0.3) is 28.1 Å². The summed E-state index contributed by atoms with van der Waals surface area (Å²) in [4.78, 5) is 19.6. The first kappa shape index (κ1) is 21.0. The van der Waals surface area contributed by atoms with Crippen molar-refractivity contribution in [2.45, 2.75) is 25.7 Å². The number of aryl methyl sites for hydroxylation is 1. The molecule has 2 N–H and O–H groups in total. The smallest absolute Gasteiger partial charge is 0.266 e. The second-order valence-corrected chi connectivity index (χ2v) is 10.1. The van der Waals surface area contributed by atoms with Gasteiger partial charge in [-0.2, -0.15) is 5.21 Å². The normalized spacial score (nSPS) is 15.5. The lowest BCUT2D eigenvalue weighted by molar-refractivity contribution is -0.122. The molecule has 4 heterocycles. The van der Waals surface area contributed by atoms with Crippen LogP contribution in [-0.2, 0) is 11.2 Å². The van der Waals surface area contributed by atoms with E-state index in [1.165, 1.54) is 22.7 Å². The van der Waals surface area contributed by atoms with Crippen LogP contribution in [0.3, 0.4) is 0 Å². The van der Waals surface area contributed by atoms with E-state index in [9.17, 15) is 4.79 Å². The Morgan fingerprint density at radius 1 is 1.12 bits per heavy atom. The number of thiophene rings is 1. The molecule has 0 unspecified atom stereocenters. The highest BCUT2D eigenvalue weighted by molar-refractivity contribution is 8.26. The summed E-state index contributed by atoms with van der Waals surface area (Å²) >= 11 is 8.49. The van der Waals surface area contributed by atoms with Crippen LogP contribution in [0.1, 0.15) is 30.0 Å². The largest absolute Gasteiger partial charge is 0.361 e. The Bertz CT molecular complexity index is 1290. The Labute approximate surface area is 198 Å². The number of carbonyl (C=O) groups excluding carboxylic acids is 1. The van der Waals surface area contributed by atoms with E-state index in [2.05, 4.69) is 61.3 Å². The van der Waals surface area contributed by atoms with Gasteiger partial charge in [-0.05, 0) is 65.1 Å². The molecular formula is C22H20N6OS3. The summed E-state index contributed by atoms with van der Waals surface area (Å²) in [5.74, 6) is 0.726. The van der Waals surface area contributed by atoms with Crippen LogP contribution in [0, 0.1) is 0 Å². The number of hydrogen-bond donors (Lipinski definition) is 2. The van der Waals surface area contributed by atoms with Gasteiger partial charge in [-0.15, -0.1) is 21.5 Å². The summed E-state index contributed by atoms with van der Waals surface area (Å²) in [7, 11) is 0. The van der Waals surface area contributed by atoms with Gasteiger partial charge < -0.3 is 4.98 Å². The molecule has 4 aromatic rings. The Hall–Kier alpha value is -2.82. The lowest BCUT2D eigenvalue weighted by atomic mass is 10.1. The highest BCUT2D eigenvalue weighted by Crippen LogP contribution is 2.35. The number of hydrogen-bond acceptors (Lipinski definition) is 7. The van der Waals surface area contributed by atoms with Crippen LogP contribution in [0.5, 0.6) is 0 Å². The van der Waals surface area contributed by atoms with Gasteiger partial charge >= 0.3 is 0 Å². The van der Waals surface area contributed by atoms with Crippen LogP contribution in [0.15, 0.2) is 46.8 Å². The van der Waals surface area contributed by atoms with Crippen molar-refractivity contribution in [2.75, 3.05) is 6.54 Å². The lowest BCUT2D eigenvalue weighted by Gasteiger charge is -2.13. The van der Waals surface area contributed by atoms with Crippen molar-refractivity contribution in [3.8, 4) is 11.1 Å². The second-order valence-electron chi connectivity index (χ2n) is 7.49. The fourth-order valence-corrected chi connectivity index (χ4v) is 5.88. The van der Waals surface area contributed by atoms with E-state index in [0.717, 1.165) is 47.5 Å². The Kier molecular flexibility index (Phi) is 6.15. The zero-order valence-corrected chi connectivity index (χ0v) is 19.5. The number of nitrogens with one attached hydrogen (secondary N) is 2. The lowest BCUT2D eigenvalue weighted by Crippen LogP contribution is -2.29. The minimum atomic E-state index is 0.00172. The van der Waals surface area contributed by atoms with Crippen molar-refractivity contribution < 1.29 is 4.79 Å². The van der Waals surface area contributed by atoms with Gasteiger partial charge in [0.1, 0.15) is 4.32 Å². The number of benzene rings is 1. The molecule has 10 heteroatoms. The maximum Gasteiger partial charge on any atom is 0.266 e. The molecule has 7 nitrogen and oxygen atoms in total. The zero-order chi connectivity index (χ0) is 21.9. The number of amides is 1. The molecule has 0 bridgehead atoms.